The Kier molecular flexibility index (Phi) is 3.90. The van der Waals surface area contributed by atoms with Crippen molar-refractivity contribution in [3.8, 4) is 0 Å². The largest absolute Gasteiger partial charge is 0.407 e. The highest BCUT2D eigenvalue weighted by Crippen LogP contribution is 2.31. The molecule has 1 fully saturated rings. The van der Waals surface area contributed by atoms with Gasteiger partial charge in [-0.2, -0.15) is 0 Å². The number of hydrogen-bond acceptors (Lipinski definition) is 5. The van der Waals surface area contributed by atoms with E-state index in [1.54, 1.807) is 0 Å². The summed E-state index contributed by atoms with van der Waals surface area (Å²) in [6.07, 6.45) is 2.35. The van der Waals surface area contributed by atoms with Crippen molar-refractivity contribution in [1.82, 2.24) is 15.5 Å². The molecule has 0 unspecified atom stereocenters. The van der Waals surface area contributed by atoms with Gasteiger partial charge < -0.3 is 14.6 Å². The Morgan fingerprint density at radius 2 is 1.94 bits per heavy atom. The zero-order chi connectivity index (χ0) is 13.2. The van der Waals surface area contributed by atoms with Gasteiger partial charge in [0.2, 0.25) is 5.89 Å². The van der Waals surface area contributed by atoms with Crippen LogP contribution < -0.4 is 10.2 Å². The molecule has 0 aromatic carbocycles. The quantitative estimate of drug-likeness (QED) is 0.890. The minimum Gasteiger partial charge on any atom is -0.407 e. The highest BCUT2D eigenvalue weighted by Gasteiger charge is 2.27. The van der Waals surface area contributed by atoms with Crippen molar-refractivity contribution >= 4 is 6.01 Å². The number of piperidine rings is 1. The second kappa shape index (κ2) is 5.26. The molecule has 2 heterocycles. The summed E-state index contributed by atoms with van der Waals surface area (Å²) in [5, 5.41) is 11.5. The molecule has 0 bridgehead atoms. The molecule has 1 aromatic heterocycles. The van der Waals surface area contributed by atoms with E-state index in [9.17, 15) is 0 Å². The molecular formula is C13H24N4O. The molecule has 2 rings (SSSR count). The SMILES string of the molecule is CC(C)NCc1nnc(N2CCC(C)(C)CC2)o1. The molecule has 0 atom stereocenters. The number of rotatable bonds is 4. The summed E-state index contributed by atoms with van der Waals surface area (Å²) < 4.78 is 5.68. The summed E-state index contributed by atoms with van der Waals surface area (Å²) in [4.78, 5) is 2.19. The third-order valence-corrected chi connectivity index (χ3v) is 3.51. The van der Waals surface area contributed by atoms with E-state index in [0.29, 0.717) is 29.9 Å². The first kappa shape index (κ1) is 13.3. The van der Waals surface area contributed by atoms with Gasteiger partial charge in [0.25, 0.3) is 0 Å². The molecule has 0 amide bonds. The number of anilines is 1. The van der Waals surface area contributed by atoms with E-state index in [1.165, 1.54) is 12.8 Å². The molecule has 102 valence electrons. The Bertz CT molecular complexity index is 376. The van der Waals surface area contributed by atoms with E-state index in [2.05, 4.69) is 48.1 Å². The second-order valence-electron chi connectivity index (χ2n) is 6.17. The zero-order valence-electron chi connectivity index (χ0n) is 11.9. The Morgan fingerprint density at radius 1 is 1.28 bits per heavy atom. The van der Waals surface area contributed by atoms with Gasteiger partial charge in [-0.05, 0) is 18.3 Å². The summed E-state index contributed by atoms with van der Waals surface area (Å²) in [6, 6.07) is 1.10. The van der Waals surface area contributed by atoms with E-state index in [0.717, 1.165) is 13.1 Å². The van der Waals surface area contributed by atoms with Crippen LogP contribution in [0.5, 0.6) is 0 Å². The van der Waals surface area contributed by atoms with Gasteiger partial charge in [-0.15, -0.1) is 5.10 Å². The summed E-state index contributed by atoms with van der Waals surface area (Å²) in [6.45, 7) is 11.5. The van der Waals surface area contributed by atoms with Crippen LogP contribution >= 0.6 is 0 Å². The van der Waals surface area contributed by atoms with Crippen LogP contribution in [-0.2, 0) is 6.54 Å². The van der Waals surface area contributed by atoms with Crippen molar-refractivity contribution < 1.29 is 4.42 Å². The van der Waals surface area contributed by atoms with Gasteiger partial charge in [0.05, 0.1) is 6.54 Å². The fourth-order valence-corrected chi connectivity index (χ4v) is 2.04. The first-order valence-corrected chi connectivity index (χ1v) is 6.77. The molecule has 5 heteroatoms. The number of hydrogen-bond donors (Lipinski definition) is 1. The lowest BCUT2D eigenvalue weighted by atomic mass is 9.83. The lowest BCUT2D eigenvalue weighted by Crippen LogP contribution is -2.37. The minimum absolute atomic E-state index is 0.427. The van der Waals surface area contributed by atoms with Crippen molar-refractivity contribution in [2.75, 3.05) is 18.0 Å². The summed E-state index contributed by atoms with van der Waals surface area (Å²) in [7, 11) is 0. The van der Waals surface area contributed by atoms with Crippen molar-refractivity contribution in [3.63, 3.8) is 0 Å². The number of aromatic nitrogens is 2. The van der Waals surface area contributed by atoms with E-state index >= 15 is 0 Å². The highest BCUT2D eigenvalue weighted by molar-refractivity contribution is 5.25. The normalized spacial score (nSPS) is 19.5. The van der Waals surface area contributed by atoms with Gasteiger partial charge in [0.1, 0.15) is 0 Å². The van der Waals surface area contributed by atoms with Gasteiger partial charge in [-0.1, -0.05) is 32.8 Å². The predicted molar refractivity (Wildman–Crippen MR) is 71.5 cm³/mol. The molecule has 1 saturated heterocycles. The average molecular weight is 252 g/mol. The van der Waals surface area contributed by atoms with Gasteiger partial charge >= 0.3 is 6.01 Å². The maximum absolute atomic E-state index is 5.68. The molecule has 1 aliphatic rings. The highest BCUT2D eigenvalue weighted by atomic mass is 16.4. The standard InChI is InChI=1S/C13H24N4O/c1-10(2)14-9-11-15-16-12(18-11)17-7-5-13(3,4)6-8-17/h10,14H,5-9H2,1-4H3. The van der Waals surface area contributed by atoms with Gasteiger partial charge in [0, 0.05) is 19.1 Å². The van der Waals surface area contributed by atoms with Gasteiger partial charge in [-0.25, -0.2) is 0 Å². The van der Waals surface area contributed by atoms with Gasteiger partial charge in [0.15, 0.2) is 0 Å². The zero-order valence-corrected chi connectivity index (χ0v) is 11.9. The third-order valence-electron chi connectivity index (χ3n) is 3.51. The van der Waals surface area contributed by atoms with Crippen LogP contribution in [0.3, 0.4) is 0 Å². The summed E-state index contributed by atoms with van der Waals surface area (Å²) in [5.74, 6) is 0.670. The molecule has 1 aliphatic heterocycles. The Hall–Kier alpha value is -1.10. The summed E-state index contributed by atoms with van der Waals surface area (Å²) in [5.41, 5.74) is 0.443. The summed E-state index contributed by atoms with van der Waals surface area (Å²) >= 11 is 0. The third kappa shape index (κ3) is 3.45. The Labute approximate surface area is 109 Å². The van der Waals surface area contributed by atoms with Crippen LogP contribution in [0.25, 0.3) is 0 Å². The number of nitrogens with zero attached hydrogens (tertiary/aromatic N) is 3. The maximum atomic E-state index is 5.68. The van der Waals surface area contributed by atoms with Crippen LogP contribution in [0.4, 0.5) is 6.01 Å². The van der Waals surface area contributed by atoms with Crippen LogP contribution in [-0.4, -0.2) is 29.3 Å². The van der Waals surface area contributed by atoms with Crippen molar-refractivity contribution in [1.29, 1.82) is 0 Å². The van der Waals surface area contributed by atoms with Crippen molar-refractivity contribution in [3.05, 3.63) is 5.89 Å². The van der Waals surface area contributed by atoms with E-state index in [4.69, 9.17) is 4.42 Å². The first-order valence-electron chi connectivity index (χ1n) is 6.77. The molecule has 0 radical (unpaired) electrons. The van der Waals surface area contributed by atoms with Crippen LogP contribution in [0.15, 0.2) is 4.42 Å². The van der Waals surface area contributed by atoms with E-state index in [1.807, 2.05) is 0 Å². The smallest absolute Gasteiger partial charge is 0.318 e. The molecule has 0 saturated carbocycles. The second-order valence-corrected chi connectivity index (χ2v) is 6.17. The maximum Gasteiger partial charge on any atom is 0.318 e. The molecule has 5 nitrogen and oxygen atoms in total. The molecule has 1 aromatic rings. The first-order chi connectivity index (χ1) is 8.46. The topological polar surface area (TPSA) is 54.2 Å². The monoisotopic (exact) mass is 252 g/mol. The Balaban J connectivity index is 1.90. The van der Waals surface area contributed by atoms with E-state index in [-0.39, 0.29) is 0 Å². The predicted octanol–water partition coefficient (Wildman–Crippen LogP) is 2.19. The fraction of sp³-hybridized carbons (Fsp3) is 0.846. The molecule has 1 N–H and O–H groups in total. The lowest BCUT2D eigenvalue weighted by Gasteiger charge is -2.35. The molecule has 0 aliphatic carbocycles. The lowest BCUT2D eigenvalue weighted by molar-refractivity contribution is 0.272. The fourth-order valence-electron chi connectivity index (χ4n) is 2.04. The molecular weight excluding hydrogens is 228 g/mol. The van der Waals surface area contributed by atoms with Gasteiger partial charge in [-0.3, -0.25) is 0 Å². The van der Waals surface area contributed by atoms with Crippen molar-refractivity contribution in [2.24, 2.45) is 5.41 Å². The van der Waals surface area contributed by atoms with Crippen LogP contribution in [0, 0.1) is 5.41 Å². The minimum atomic E-state index is 0.427. The number of nitrogens with one attached hydrogen (secondary N) is 1. The molecule has 18 heavy (non-hydrogen) atoms. The van der Waals surface area contributed by atoms with Crippen LogP contribution in [0.2, 0.25) is 0 Å². The van der Waals surface area contributed by atoms with Crippen molar-refractivity contribution in [2.45, 2.75) is 53.1 Å². The molecule has 0 spiro atoms. The Morgan fingerprint density at radius 3 is 2.56 bits per heavy atom. The van der Waals surface area contributed by atoms with E-state index < -0.39 is 0 Å². The average Bonchev–Trinajstić information content (AvgIpc) is 2.75. The van der Waals surface area contributed by atoms with Crippen LogP contribution in [0.1, 0.15) is 46.4 Å².